The van der Waals surface area contributed by atoms with Crippen molar-refractivity contribution in [3.63, 3.8) is 0 Å². The zero-order chi connectivity index (χ0) is 28.6. The highest BCUT2D eigenvalue weighted by Crippen LogP contribution is 2.72. The Morgan fingerprint density at radius 3 is 2.59 bits per heavy atom. The molecular formula is C29H37F3O6S. The van der Waals surface area contributed by atoms with Crippen LogP contribution in [0.15, 0.2) is 23.8 Å². The van der Waals surface area contributed by atoms with Crippen LogP contribution in [0.2, 0.25) is 0 Å². The molecule has 6 nitrogen and oxygen atoms in total. The predicted octanol–water partition coefficient (Wildman–Crippen LogP) is 4.98. The largest absolute Gasteiger partial charge is 0.447 e. The minimum atomic E-state index is -2.34. The molecule has 0 spiro atoms. The molecule has 1 aliphatic heterocycles. The average Bonchev–Trinajstić information content (AvgIpc) is 3.46. The summed E-state index contributed by atoms with van der Waals surface area (Å²) in [6, 6.07) is -1.04. The van der Waals surface area contributed by atoms with Gasteiger partial charge in [-0.2, -0.15) is 0 Å². The van der Waals surface area contributed by atoms with Crippen LogP contribution in [-0.4, -0.2) is 63.7 Å². The number of hydrogen-bond donors (Lipinski definition) is 1. The van der Waals surface area contributed by atoms with Gasteiger partial charge in [0.1, 0.15) is 12.2 Å². The van der Waals surface area contributed by atoms with Gasteiger partial charge in [-0.1, -0.05) is 26.8 Å². The van der Waals surface area contributed by atoms with E-state index in [1.165, 1.54) is 19.1 Å². The number of alkyl halides is 3. The maximum absolute atomic E-state index is 17.5. The van der Waals surface area contributed by atoms with Crippen LogP contribution in [0.1, 0.15) is 66.2 Å². The third-order valence-corrected chi connectivity index (χ3v) is 11.6. The minimum Gasteiger partial charge on any atom is -0.447 e. The summed E-state index contributed by atoms with van der Waals surface area (Å²) >= 11 is 0.394. The fraction of sp³-hybridized carbons (Fsp3) is 0.759. The van der Waals surface area contributed by atoms with Gasteiger partial charge in [-0.15, -0.1) is 0 Å². The van der Waals surface area contributed by atoms with Crippen LogP contribution in [0.5, 0.6) is 0 Å². The number of carbonyl (C=O) groups excluding carboxylic acids is 3. The van der Waals surface area contributed by atoms with Crippen molar-refractivity contribution in [2.75, 3.05) is 12.6 Å². The molecule has 0 radical (unpaired) electrons. The quantitative estimate of drug-likeness (QED) is 0.467. The SMILES string of the molecule is CCC1(C(=O)O[C@]2(C(=O)SCF)[C@H](C)C[C@H]3[C@@H]4C[C@H](F)C5=CC(=O)C=C[C@]5(C)[C@@]4(F)[C@@H](O)C[C@@]32C)CCCO1. The number of ketones is 1. The Morgan fingerprint density at radius 1 is 1.26 bits per heavy atom. The highest BCUT2D eigenvalue weighted by Gasteiger charge is 2.78. The fourth-order valence-corrected chi connectivity index (χ4v) is 9.68. The van der Waals surface area contributed by atoms with E-state index in [0.717, 1.165) is 6.08 Å². The number of aliphatic hydroxyl groups is 1. The van der Waals surface area contributed by atoms with E-state index in [1.807, 2.05) is 0 Å². The summed E-state index contributed by atoms with van der Waals surface area (Å²) in [7, 11) is 0. The van der Waals surface area contributed by atoms with E-state index >= 15 is 8.78 Å². The van der Waals surface area contributed by atoms with Crippen LogP contribution in [0.4, 0.5) is 13.2 Å². The lowest BCUT2D eigenvalue weighted by atomic mass is 9.44. The third-order valence-electron chi connectivity index (χ3n) is 11.0. The van der Waals surface area contributed by atoms with E-state index in [-0.39, 0.29) is 24.8 Å². The summed E-state index contributed by atoms with van der Waals surface area (Å²) in [5, 5.41) is 10.9. The molecule has 216 valence electrons. The van der Waals surface area contributed by atoms with Crippen LogP contribution < -0.4 is 0 Å². The van der Waals surface area contributed by atoms with Crippen LogP contribution >= 0.6 is 11.8 Å². The van der Waals surface area contributed by atoms with Gasteiger partial charge in [0.2, 0.25) is 5.12 Å². The van der Waals surface area contributed by atoms with Crippen LogP contribution in [-0.2, 0) is 23.9 Å². The summed E-state index contributed by atoms with van der Waals surface area (Å²) in [4.78, 5) is 39.6. The van der Waals surface area contributed by atoms with Crippen molar-refractivity contribution >= 4 is 28.6 Å². The number of fused-ring (bicyclic) bond motifs is 5. The van der Waals surface area contributed by atoms with E-state index < -0.39 is 80.6 Å². The number of carbonyl (C=O) groups is 3. The molecule has 5 rings (SSSR count). The lowest BCUT2D eigenvalue weighted by Crippen LogP contribution is -2.71. The molecule has 10 atom stereocenters. The van der Waals surface area contributed by atoms with E-state index in [0.29, 0.717) is 37.6 Å². The van der Waals surface area contributed by atoms with Crippen molar-refractivity contribution in [1.82, 2.24) is 0 Å². The molecule has 39 heavy (non-hydrogen) atoms. The van der Waals surface area contributed by atoms with Crippen LogP contribution in [0, 0.1) is 28.6 Å². The van der Waals surface area contributed by atoms with Gasteiger partial charge in [0.25, 0.3) is 0 Å². The molecule has 1 heterocycles. The molecule has 0 bridgehead atoms. The molecule has 0 aromatic rings. The van der Waals surface area contributed by atoms with Gasteiger partial charge < -0.3 is 14.6 Å². The van der Waals surface area contributed by atoms with E-state index in [2.05, 4.69) is 0 Å². The maximum atomic E-state index is 17.5. The van der Waals surface area contributed by atoms with E-state index in [1.54, 1.807) is 20.8 Å². The lowest BCUT2D eigenvalue weighted by Gasteiger charge is -2.63. The number of esters is 1. The average molecular weight is 571 g/mol. The molecule has 1 saturated heterocycles. The number of halogens is 3. The first-order chi connectivity index (χ1) is 18.3. The summed E-state index contributed by atoms with van der Waals surface area (Å²) in [6.45, 7) is 7.06. The molecule has 10 heteroatoms. The zero-order valence-corrected chi connectivity index (χ0v) is 23.6. The van der Waals surface area contributed by atoms with Gasteiger partial charge in [0, 0.05) is 29.3 Å². The molecule has 4 fully saturated rings. The highest BCUT2D eigenvalue weighted by molar-refractivity contribution is 8.13. The summed E-state index contributed by atoms with van der Waals surface area (Å²) < 4.78 is 58.9. The molecule has 3 saturated carbocycles. The maximum Gasteiger partial charge on any atom is 0.339 e. The number of rotatable bonds is 5. The Kier molecular flexibility index (Phi) is 6.99. The first-order valence-corrected chi connectivity index (χ1v) is 14.8. The Hall–Kier alpha value is -1.65. The molecule has 5 aliphatic rings. The Balaban J connectivity index is 1.62. The molecule has 1 unspecified atom stereocenters. The normalized spacial score (nSPS) is 48.7. The molecule has 0 aromatic heterocycles. The molecule has 0 amide bonds. The minimum absolute atomic E-state index is 0.00692. The number of hydrogen-bond acceptors (Lipinski definition) is 7. The van der Waals surface area contributed by atoms with Gasteiger partial charge in [-0.25, -0.2) is 18.0 Å². The fourth-order valence-electron chi connectivity index (χ4n) is 8.90. The van der Waals surface area contributed by atoms with Crippen molar-refractivity contribution in [3.8, 4) is 0 Å². The summed E-state index contributed by atoms with van der Waals surface area (Å²) in [5.41, 5.74) is -8.31. The number of thioether (sulfide) groups is 1. The van der Waals surface area contributed by atoms with E-state index in [9.17, 15) is 23.9 Å². The number of allylic oxidation sites excluding steroid dienone is 4. The summed E-state index contributed by atoms with van der Waals surface area (Å²) in [5.74, 6) is -3.51. The van der Waals surface area contributed by atoms with Gasteiger partial charge in [-0.05, 0) is 80.9 Å². The lowest BCUT2D eigenvalue weighted by molar-refractivity contribution is -0.234. The van der Waals surface area contributed by atoms with Gasteiger partial charge >= 0.3 is 5.97 Å². The Bertz CT molecular complexity index is 1140. The number of ether oxygens (including phenoxy) is 2. The second-order valence-electron chi connectivity index (χ2n) is 12.5. The van der Waals surface area contributed by atoms with Crippen molar-refractivity contribution in [2.45, 2.75) is 95.4 Å². The Morgan fingerprint density at radius 2 is 1.97 bits per heavy atom. The molecule has 1 N–H and O–H groups in total. The zero-order valence-electron chi connectivity index (χ0n) is 22.8. The van der Waals surface area contributed by atoms with Crippen molar-refractivity contribution in [1.29, 1.82) is 0 Å². The molecule has 0 aromatic carbocycles. The topological polar surface area (TPSA) is 89.9 Å². The first kappa shape index (κ1) is 28.9. The van der Waals surface area contributed by atoms with Crippen molar-refractivity contribution < 1.29 is 42.1 Å². The standard InChI is InChI=1S/C29H37F3O6S/c1-5-27(8-6-10-37-27)23(35)38-29(24(36)39-15-30)16(2)11-18-19-13-21(31)20-12-17(33)7-9-25(20,3)28(19,32)22(34)14-26(18,29)4/h7,9,12,16,18-19,21-22,34H,5-6,8,10-11,13-15H2,1-4H3/t16-,18+,19+,21+,22+,25+,26+,27?,28+,29+/m1/s1. The first-order valence-electron chi connectivity index (χ1n) is 13.8. The van der Waals surface area contributed by atoms with Gasteiger partial charge in [-0.3, -0.25) is 9.59 Å². The second-order valence-corrected chi connectivity index (χ2v) is 13.3. The van der Waals surface area contributed by atoms with Crippen molar-refractivity contribution in [3.05, 3.63) is 23.8 Å². The predicted molar refractivity (Wildman–Crippen MR) is 139 cm³/mol. The third kappa shape index (κ3) is 3.59. The summed E-state index contributed by atoms with van der Waals surface area (Å²) in [6.07, 6.45) is 1.43. The monoisotopic (exact) mass is 570 g/mol. The van der Waals surface area contributed by atoms with Crippen LogP contribution in [0.3, 0.4) is 0 Å². The van der Waals surface area contributed by atoms with Crippen LogP contribution in [0.25, 0.3) is 0 Å². The van der Waals surface area contributed by atoms with E-state index in [4.69, 9.17) is 9.47 Å². The van der Waals surface area contributed by atoms with Gasteiger partial charge in [0.05, 0.1) is 6.10 Å². The Labute approximate surface area is 231 Å². The molecule has 4 aliphatic carbocycles. The van der Waals surface area contributed by atoms with Gasteiger partial charge in [0.15, 0.2) is 22.7 Å². The second kappa shape index (κ2) is 9.44. The molecular weight excluding hydrogens is 533 g/mol. The van der Waals surface area contributed by atoms with Crippen molar-refractivity contribution in [2.24, 2.45) is 28.6 Å². The highest BCUT2D eigenvalue weighted by atomic mass is 32.2. The number of aliphatic hydroxyl groups excluding tert-OH is 1. The smallest absolute Gasteiger partial charge is 0.339 e.